The third-order valence-corrected chi connectivity index (χ3v) is 5.81. The molecule has 0 aliphatic heterocycles. The molecule has 2 heterocycles. The number of furan rings is 1. The van der Waals surface area contributed by atoms with Crippen molar-refractivity contribution in [3.05, 3.63) is 97.2 Å². The summed E-state index contributed by atoms with van der Waals surface area (Å²) in [6.07, 6.45) is 1.64. The van der Waals surface area contributed by atoms with Crippen LogP contribution in [-0.4, -0.2) is 15.7 Å². The van der Waals surface area contributed by atoms with Gasteiger partial charge in [0.1, 0.15) is 18.2 Å². The van der Waals surface area contributed by atoms with E-state index in [9.17, 15) is 9.18 Å². The molecule has 0 bridgehead atoms. The lowest BCUT2D eigenvalue weighted by atomic mass is 10.2. The minimum atomic E-state index is -0.513. The van der Waals surface area contributed by atoms with Gasteiger partial charge in [-0.2, -0.15) is 5.10 Å². The molecule has 0 aliphatic carbocycles. The molecule has 0 atom stereocenters. The van der Waals surface area contributed by atoms with E-state index < -0.39 is 5.91 Å². The van der Waals surface area contributed by atoms with Gasteiger partial charge in [0, 0.05) is 16.8 Å². The van der Waals surface area contributed by atoms with Gasteiger partial charge >= 0.3 is 0 Å². The maximum absolute atomic E-state index is 13.9. The highest BCUT2D eigenvalue weighted by molar-refractivity contribution is 9.10. The third kappa shape index (κ3) is 5.70. The van der Waals surface area contributed by atoms with Crippen LogP contribution in [0.4, 0.5) is 10.2 Å². The van der Waals surface area contributed by atoms with Crippen LogP contribution in [0.15, 0.2) is 63.6 Å². The SMILES string of the molecule is O=C(Nc1nn(Cc2ccccc2F)cc1Br)c1ccc(COc2c(Cl)cc(Cl)cc2Cl)o1. The average molecular weight is 574 g/mol. The minimum Gasteiger partial charge on any atom is -0.483 e. The fourth-order valence-electron chi connectivity index (χ4n) is 2.92. The first-order valence-electron chi connectivity index (χ1n) is 9.44. The first-order valence-corrected chi connectivity index (χ1v) is 11.4. The number of nitrogens with one attached hydrogen (secondary N) is 1. The molecule has 0 unspecified atom stereocenters. The van der Waals surface area contributed by atoms with Crippen molar-refractivity contribution in [3.8, 4) is 5.75 Å². The van der Waals surface area contributed by atoms with Crippen LogP contribution in [0.2, 0.25) is 15.1 Å². The molecular weight excluding hydrogens is 560 g/mol. The lowest BCUT2D eigenvalue weighted by Gasteiger charge is -2.09. The molecule has 4 aromatic rings. The van der Waals surface area contributed by atoms with Crippen molar-refractivity contribution in [1.82, 2.24) is 9.78 Å². The smallest absolute Gasteiger partial charge is 0.292 e. The summed E-state index contributed by atoms with van der Waals surface area (Å²) in [4.78, 5) is 12.6. The number of rotatable bonds is 7. The molecular formula is C22H14BrCl3FN3O3. The lowest BCUT2D eigenvalue weighted by molar-refractivity contribution is 0.0992. The zero-order valence-corrected chi connectivity index (χ0v) is 20.5. The molecule has 0 spiro atoms. The molecule has 0 fully saturated rings. The first-order chi connectivity index (χ1) is 15.8. The molecule has 170 valence electrons. The highest BCUT2D eigenvalue weighted by atomic mass is 79.9. The van der Waals surface area contributed by atoms with E-state index in [-0.39, 0.29) is 46.3 Å². The van der Waals surface area contributed by atoms with Crippen molar-refractivity contribution in [2.75, 3.05) is 5.32 Å². The molecule has 0 radical (unpaired) electrons. The molecule has 4 rings (SSSR count). The van der Waals surface area contributed by atoms with E-state index in [4.69, 9.17) is 44.0 Å². The van der Waals surface area contributed by atoms with Crippen LogP contribution in [0.1, 0.15) is 21.9 Å². The number of carbonyl (C=O) groups is 1. The average Bonchev–Trinajstić information content (AvgIpc) is 3.36. The fourth-order valence-corrected chi connectivity index (χ4v) is 4.26. The second-order valence-corrected chi connectivity index (χ2v) is 8.93. The Morgan fingerprint density at radius 2 is 1.88 bits per heavy atom. The number of hydrogen-bond acceptors (Lipinski definition) is 4. The number of benzene rings is 2. The Bertz CT molecular complexity index is 1300. The van der Waals surface area contributed by atoms with Crippen LogP contribution in [0.5, 0.6) is 5.75 Å². The van der Waals surface area contributed by atoms with Crippen LogP contribution in [0.3, 0.4) is 0 Å². The van der Waals surface area contributed by atoms with E-state index in [1.165, 1.54) is 28.9 Å². The van der Waals surface area contributed by atoms with Crippen LogP contribution in [-0.2, 0) is 13.2 Å². The van der Waals surface area contributed by atoms with Gasteiger partial charge < -0.3 is 14.5 Å². The second kappa shape index (κ2) is 10.2. The topological polar surface area (TPSA) is 69.3 Å². The Morgan fingerprint density at radius 3 is 2.61 bits per heavy atom. The summed E-state index contributed by atoms with van der Waals surface area (Å²) >= 11 is 21.4. The molecule has 0 saturated carbocycles. The molecule has 1 amide bonds. The monoisotopic (exact) mass is 571 g/mol. The quantitative estimate of drug-likeness (QED) is 0.254. The fraction of sp³-hybridized carbons (Fsp3) is 0.0909. The summed E-state index contributed by atoms with van der Waals surface area (Å²) < 4.78 is 27.1. The number of anilines is 1. The van der Waals surface area contributed by atoms with Crippen LogP contribution in [0, 0.1) is 5.82 Å². The van der Waals surface area contributed by atoms with Crippen molar-refractivity contribution in [1.29, 1.82) is 0 Å². The Balaban J connectivity index is 1.40. The molecule has 33 heavy (non-hydrogen) atoms. The Labute approximate surface area is 211 Å². The van der Waals surface area contributed by atoms with E-state index in [1.807, 2.05) is 0 Å². The molecule has 2 aromatic heterocycles. The highest BCUT2D eigenvalue weighted by Gasteiger charge is 2.17. The molecule has 11 heteroatoms. The predicted molar refractivity (Wildman–Crippen MR) is 128 cm³/mol. The van der Waals surface area contributed by atoms with E-state index in [1.54, 1.807) is 30.5 Å². The second-order valence-electron chi connectivity index (χ2n) is 6.82. The lowest BCUT2D eigenvalue weighted by Crippen LogP contribution is -2.12. The maximum atomic E-state index is 13.9. The number of halogens is 5. The molecule has 0 saturated heterocycles. The highest BCUT2D eigenvalue weighted by Crippen LogP contribution is 2.36. The van der Waals surface area contributed by atoms with Gasteiger partial charge in [-0.05, 0) is 46.3 Å². The summed E-state index contributed by atoms with van der Waals surface area (Å²) in [5, 5.41) is 7.84. The van der Waals surface area contributed by atoms with Gasteiger partial charge in [-0.25, -0.2) is 4.39 Å². The normalized spacial score (nSPS) is 10.9. The van der Waals surface area contributed by atoms with E-state index >= 15 is 0 Å². The van der Waals surface area contributed by atoms with Gasteiger partial charge in [0.25, 0.3) is 5.91 Å². The van der Waals surface area contributed by atoms with Gasteiger partial charge in [0.15, 0.2) is 17.3 Å². The van der Waals surface area contributed by atoms with E-state index in [2.05, 4.69) is 26.3 Å². The number of ether oxygens (including phenoxy) is 1. The molecule has 2 aromatic carbocycles. The van der Waals surface area contributed by atoms with Crippen LogP contribution < -0.4 is 10.1 Å². The molecule has 6 nitrogen and oxygen atoms in total. The van der Waals surface area contributed by atoms with Crippen molar-refractivity contribution < 1.29 is 18.3 Å². The van der Waals surface area contributed by atoms with E-state index in [0.717, 1.165) is 0 Å². The summed E-state index contributed by atoms with van der Waals surface area (Å²) in [6, 6.07) is 12.5. The Hall–Kier alpha value is -2.52. The van der Waals surface area contributed by atoms with Crippen molar-refractivity contribution in [3.63, 3.8) is 0 Å². The summed E-state index contributed by atoms with van der Waals surface area (Å²) in [5.74, 6) is 0.116. The van der Waals surface area contributed by atoms with Crippen LogP contribution >= 0.6 is 50.7 Å². The summed E-state index contributed by atoms with van der Waals surface area (Å²) in [7, 11) is 0. The van der Waals surface area contributed by atoms with Gasteiger partial charge in [-0.15, -0.1) is 0 Å². The largest absolute Gasteiger partial charge is 0.483 e. The van der Waals surface area contributed by atoms with Gasteiger partial charge in [0.2, 0.25) is 0 Å². The number of nitrogens with zero attached hydrogens (tertiary/aromatic N) is 2. The third-order valence-electron chi connectivity index (χ3n) is 4.45. The number of aromatic nitrogens is 2. The number of amides is 1. The van der Waals surface area contributed by atoms with Gasteiger partial charge in [-0.1, -0.05) is 53.0 Å². The van der Waals surface area contributed by atoms with E-state index in [0.29, 0.717) is 20.8 Å². The molecule has 0 aliphatic rings. The molecule has 1 N–H and O–H groups in total. The Kier molecular flexibility index (Phi) is 7.29. The van der Waals surface area contributed by atoms with Gasteiger partial charge in [0.05, 0.1) is 21.1 Å². The number of carbonyl (C=O) groups excluding carboxylic acids is 1. The zero-order chi connectivity index (χ0) is 23.5. The zero-order valence-electron chi connectivity index (χ0n) is 16.6. The summed E-state index contributed by atoms with van der Waals surface area (Å²) in [5.41, 5.74) is 0.474. The standard InChI is InChI=1S/C22H14BrCl3FN3O3/c23-15-10-30(9-12-3-1-2-4-18(12)27)29-21(15)28-22(31)19-6-5-14(33-19)11-32-20-16(25)7-13(24)8-17(20)26/h1-8,10H,9,11H2,(H,28,29,31). The van der Waals surface area contributed by atoms with Gasteiger partial charge in [-0.3, -0.25) is 9.48 Å². The van der Waals surface area contributed by atoms with Crippen LogP contribution in [0.25, 0.3) is 0 Å². The first kappa shape index (κ1) is 23.6. The minimum absolute atomic E-state index is 0.00465. The number of hydrogen-bond donors (Lipinski definition) is 1. The Morgan fingerprint density at radius 1 is 1.15 bits per heavy atom. The van der Waals surface area contributed by atoms with Crippen molar-refractivity contribution in [2.45, 2.75) is 13.2 Å². The summed E-state index contributed by atoms with van der Waals surface area (Å²) in [6.45, 7) is 0.203. The van der Waals surface area contributed by atoms with Crippen molar-refractivity contribution in [2.24, 2.45) is 0 Å². The predicted octanol–water partition coefficient (Wildman–Crippen LogP) is 7.22. The van der Waals surface area contributed by atoms with Crippen molar-refractivity contribution >= 4 is 62.5 Å². The maximum Gasteiger partial charge on any atom is 0.292 e.